The van der Waals surface area contributed by atoms with E-state index < -0.39 is 11.6 Å². The van der Waals surface area contributed by atoms with Crippen molar-refractivity contribution in [2.75, 3.05) is 20.2 Å². The normalized spacial score (nSPS) is 14.9. The van der Waals surface area contributed by atoms with E-state index in [1.165, 1.54) is 7.11 Å². The van der Waals surface area contributed by atoms with Gasteiger partial charge in [-0.05, 0) is 27.2 Å². The third kappa shape index (κ3) is 5.47. The molecule has 1 heterocycles. The maximum Gasteiger partial charge on any atom is 0.410 e. The Bertz CT molecular complexity index is 448. The van der Waals surface area contributed by atoms with Gasteiger partial charge in [-0.3, -0.25) is 0 Å². The van der Waals surface area contributed by atoms with Crippen LogP contribution in [0.2, 0.25) is 0 Å². The summed E-state index contributed by atoms with van der Waals surface area (Å²) in [5.74, 6) is 4.55. The van der Waals surface area contributed by atoms with Crippen LogP contribution >= 0.6 is 0 Å². The highest BCUT2D eigenvalue weighted by atomic mass is 16.6. The lowest BCUT2D eigenvalue weighted by atomic mass is 10.1. The zero-order chi connectivity index (χ0) is 14.5. The van der Waals surface area contributed by atoms with Crippen LogP contribution in [-0.2, 0) is 14.3 Å². The maximum absolute atomic E-state index is 11.8. The first-order valence-electron chi connectivity index (χ1n) is 6.09. The number of carbonyl (C=O) groups excluding carboxylic acids is 2. The molecule has 1 aliphatic heterocycles. The molecule has 0 fully saturated rings. The van der Waals surface area contributed by atoms with E-state index in [2.05, 4.69) is 16.6 Å². The van der Waals surface area contributed by atoms with Gasteiger partial charge in [0.1, 0.15) is 5.60 Å². The van der Waals surface area contributed by atoms with Gasteiger partial charge in [0.2, 0.25) is 0 Å². The van der Waals surface area contributed by atoms with Gasteiger partial charge in [0.15, 0.2) is 0 Å². The van der Waals surface area contributed by atoms with Crippen molar-refractivity contribution in [2.24, 2.45) is 0 Å². The SMILES string of the molecule is COC(=O)C#CC1=CCN(C(=O)OC(C)(C)C)CC1. The second kappa shape index (κ2) is 6.28. The molecule has 0 unspecified atom stereocenters. The average Bonchev–Trinajstić information content (AvgIpc) is 2.34. The van der Waals surface area contributed by atoms with Crippen molar-refractivity contribution in [1.82, 2.24) is 4.90 Å². The van der Waals surface area contributed by atoms with Crippen molar-refractivity contribution in [3.05, 3.63) is 11.6 Å². The monoisotopic (exact) mass is 265 g/mol. The largest absolute Gasteiger partial charge is 0.459 e. The standard InChI is InChI=1S/C14H19NO4/c1-14(2,3)19-13(17)15-9-7-11(8-10-15)5-6-12(16)18-4/h7H,8-10H2,1-4H3. The molecule has 0 aromatic rings. The number of hydrogen-bond donors (Lipinski definition) is 0. The Morgan fingerprint density at radius 3 is 2.53 bits per heavy atom. The number of carbonyl (C=O) groups is 2. The molecule has 1 aliphatic rings. The van der Waals surface area contributed by atoms with Crippen molar-refractivity contribution in [1.29, 1.82) is 0 Å². The van der Waals surface area contributed by atoms with Crippen LogP contribution in [0.5, 0.6) is 0 Å². The Morgan fingerprint density at radius 2 is 2.05 bits per heavy atom. The molecule has 104 valence electrons. The van der Waals surface area contributed by atoms with E-state index in [-0.39, 0.29) is 6.09 Å². The van der Waals surface area contributed by atoms with Crippen LogP contribution in [0.15, 0.2) is 11.6 Å². The van der Waals surface area contributed by atoms with E-state index >= 15 is 0 Å². The van der Waals surface area contributed by atoms with Gasteiger partial charge in [-0.25, -0.2) is 9.59 Å². The summed E-state index contributed by atoms with van der Waals surface area (Å²) in [6.07, 6.45) is 2.11. The number of hydrogen-bond acceptors (Lipinski definition) is 4. The summed E-state index contributed by atoms with van der Waals surface area (Å²) in [6, 6.07) is 0. The number of nitrogens with zero attached hydrogens (tertiary/aromatic N) is 1. The predicted octanol–water partition coefficient (Wildman–Crippen LogP) is 1.73. The molecule has 5 heteroatoms. The molecular weight excluding hydrogens is 246 g/mol. The van der Waals surface area contributed by atoms with Gasteiger partial charge in [0.25, 0.3) is 0 Å². The van der Waals surface area contributed by atoms with E-state index in [1.54, 1.807) is 4.90 Å². The van der Waals surface area contributed by atoms with Crippen LogP contribution in [0.1, 0.15) is 27.2 Å². The van der Waals surface area contributed by atoms with Crippen LogP contribution < -0.4 is 0 Å². The highest BCUT2D eigenvalue weighted by molar-refractivity contribution is 5.88. The Kier molecular flexibility index (Phi) is 4.99. The van der Waals surface area contributed by atoms with Gasteiger partial charge in [0, 0.05) is 24.6 Å². The van der Waals surface area contributed by atoms with Crippen LogP contribution in [0.25, 0.3) is 0 Å². The molecule has 1 amide bonds. The molecule has 0 saturated heterocycles. The molecule has 0 aromatic carbocycles. The number of esters is 1. The van der Waals surface area contributed by atoms with E-state index in [0.29, 0.717) is 19.5 Å². The topological polar surface area (TPSA) is 55.8 Å². The highest BCUT2D eigenvalue weighted by Gasteiger charge is 2.23. The summed E-state index contributed by atoms with van der Waals surface area (Å²) in [6.45, 7) is 6.48. The fourth-order valence-electron chi connectivity index (χ4n) is 1.46. The Labute approximate surface area is 113 Å². The van der Waals surface area contributed by atoms with Crippen LogP contribution in [0.3, 0.4) is 0 Å². The molecule has 0 saturated carbocycles. The van der Waals surface area contributed by atoms with Gasteiger partial charge in [-0.1, -0.05) is 12.0 Å². The van der Waals surface area contributed by atoms with Crippen molar-refractivity contribution in [3.8, 4) is 11.8 Å². The molecule has 1 rings (SSSR count). The van der Waals surface area contributed by atoms with E-state index in [9.17, 15) is 9.59 Å². The average molecular weight is 265 g/mol. The molecule has 0 radical (unpaired) electrons. The van der Waals surface area contributed by atoms with Gasteiger partial charge in [-0.2, -0.15) is 0 Å². The third-order valence-electron chi connectivity index (χ3n) is 2.37. The van der Waals surface area contributed by atoms with Crippen molar-refractivity contribution in [3.63, 3.8) is 0 Å². The van der Waals surface area contributed by atoms with E-state index in [1.807, 2.05) is 26.8 Å². The fourth-order valence-corrected chi connectivity index (χ4v) is 1.46. The van der Waals surface area contributed by atoms with Crippen LogP contribution in [0.4, 0.5) is 4.79 Å². The van der Waals surface area contributed by atoms with Crippen molar-refractivity contribution in [2.45, 2.75) is 32.8 Å². The predicted molar refractivity (Wildman–Crippen MR) is 70.3 cm³/mol. The Hall–Kier alpha value is -1.96. The fraction of sp³-hybridized carbons (Fsp3) is 0.571. The molecule has 5 nitrogen and oxygen atoms in total. The summed E-state index contributed by atoms with van der Waals surface area (Å²) in [7, 11) is 1.29. The van der Waals surface area contributed by atoms with Crippen molar-refractivity contribution >= 4 is 12.1 Å². The molecule has 0 atom stereocenters. The van der Waals surface area contributed by atoms with Crippen LogP contribution in [-0.4, -0.2) is 42.8 Å². The lowest BCUT2D eigenvalue weighted by molar-refractivity contribution is -0.133. The molecular formula is C14H19NO4. The minimum absolute atomic E-state index is 0.330. The smallest absolute Gasteiger partial charge is 0.410 e. The summed E-state index contributed by atoms with van der Waals surface area (Å²) < 4.78 is 9.71. The first-order chi connectivity index (χ1) is 8.81. The second-order valence-electron chi connectivity index (χ2n) is 5.15. The van der Waals surface area contributed by atoms with E-state index in [0.717, 1.165) is 5.57 Å². The van der Waals surface area contributed by atoms with Gasteiger partial charge < -0.3 is 14.4 Å². The Morgan fingerprint density at radius 1 is 1.37 bits per heavy atom. The minimum atomic E-state index is -0.560. The minimum Gasteiger partial charge on any atom is -0.459 e. The van der Waals surface area contributed by atoms with Crippen molar-refractivity contribution < 1.29 is 19.1 Å². The number of methoxy groups -OCH3 is 1. The van der Waals surface area contributed by atoms with Crippen LogP contribution in [0, 0.1) is 11.8 Å². The number of amides is 1. The number of ether oxygens (including phenoxy) is 2. The highest BCUT2D eigenvalue weighted by Crippen LogP contribution is 2.14. The first kappa shape index (κ1) is 15.1. The lowest BCUT2D eigenvalue weighted by Gasteiger charge is -2.28. The van der Waals surface area contributed by atoms with Gasteiger partial charge in [0.05, 0.1) is 7.11 Å². The third-order valence-corrected chi connectivity index (χ3v) is 2.37. The molecule has 0 N–H and O–H groups in total. The summed E-state index contributed by atoms with van der Waals surface area (Å²) in [5.41, 5.74) is 0.344. The summed E-state index contributed by atoms with van der Waals surface area (Å²) in [4.78, 5) is 24.3. The zero-order valence-corrected chi connectivity index (χ0v) is 11.8. The zero-order valence-electron chi connectivity index (χ0n) is 11.8. The first-order valence-corrected chi connectivity index (χ1v) is 6.09. The maximum atomic E-state index is 11.8. The lowest BCUT2D eigenvalue weighted by Crippen LogP contribution is -2.39. The summed E-state index contributed by atoms with van der Waals surface area (Å²) in [5, 5.41) is 0. The van der Waals surface area contributed by atoms with E-state index in [4.69, 9.17) is 4.74 Å². The summed E-state index contributed by atoms with van der Waals surface area (Å²) >= 11 is 0. The molecule has 0 aromatic heterocycles. The molecule has 0 aliphatic carbocycles. The second-order valence-corrected chi connectivity index (χ2v) is 5.15. The van der Waals surface area contributed by atoms with Gasteiger partial charge in [-0.15, -0.1) is 0 Å². The quantitative estimate of drug-likeness (QED) is 0.380. The molecule has 0 bridgehead atoms. The number of rotatable bonds is 0. The molecule has 19 heavy (non-hydrogen) atoms. The van der Waals surface area contributed by atoms with Gasteiger partial charge >= 0.3 is 12.1 Å². The molecule has 0 spiro atoms. The Balaban J connectivity index is 2.55.